The summed E-state index contributed by atoms with van der Waals surface area (Å²) < 4.78 is 5.32. The van der Waals surface area contributed by atoms with Crippen LogP contribution in [0.2, 0.25) is 0 Å². The van der Waals surface area contributed by atoms with Crippen LogP contribution in [0.5, 0.6) is 5.75 Å². The standard InChI is InChI=1S/C14H23N3O2/c1-9(2)10(3)16-8-12-7-11(14(15)17-18)5-6-13(12)19-4/h5-7,9-10,16,18H,8H2,1-4H3,(H2,15,17). The third-order valence-corrected chi connectivity index (χ3v) is 3.30. The fraction of sp³-hybridized carbons (Fsp3) is 0.500. The number of rotatable bonds is 6. The van der Waals surface area contributed by atoms with Gasteiger partial charge in [0.2, 0.25) is 0 Å². The van der Waals surface area contributed by atoms with Crippen molar-refractivity contribution in [2.45, 2.75) is 33.4 Å². The molecule has 1 unspecified atom stereocenters. The van der Waals surface area contributed by atoms with E-state index in [0.29, 0.717) is 24.1 Å². The van der Waals surface area contributed by atoms with Crippen LogP contribution in [0.3, 0.4) is 0 Å². The van der Waals surface area contributed by atoms with Gasteiger partial charge in [-0.05, 0) is 31.0 Å². The summed E-state index contributed by atoms with van der Waals surface area (Å²) in [6.45, 7) is 7.16. The average molecular weight is 265 g/mol. The number of hydrogen-bond acceptors (Lipinski definition) is 4. The first-order chi connectivity index (χ1) is 8.99. The molecule has 1 aromatic rings. The summed E-state index contributed by atoms with van der Waals surface area (Å²) in [7, 11) is 1.63. The van der Waals surface area contributed by atoms with Crippen LogP contribution in [0.25, 0.3) is 0 Å². The normalized spacial score (nSPS) is 13.6. The number of nitrogens with zero attached hydrogens (tertiary/aromatic N) is 1. The molecule has 0 amide bonds. The first-order valence-electron chi connectivity index (χ1n) is 6.37. The number of methoxy groups -OCH3 is 1. The third kappa shape index (κ3) is 4.13. The van der Waals surface area contributed by atoms with Crippen molar-refractivity contribution in [3.63, 3.8) is 0 Å². The quantitative estimate of drug-likeness (QED) is 0.318. The van der Waals surface area contributed by atoms with E-state index in [-0.39, 0.29) is 5.84 Å². The largest absolute Gasteiger partial charge is 0.496 e. The minimum absolute atomic E-state index is 0.0980. The van der Waals surface area contributed by atoms with E-state index in [2.05, 4.69) is 31.2 Å². The molecule has 1 rings (SSSR count). The Morgan fingerprint density at radius 2 is 2.11 bits per heavy atom. The summed E-state index contributed by atoms with van der Waals surface area (Å²) in [5.41, 5.74) is 7.26. The highest BCUT2D eigenvalue weighted by Gasteiger charge is 2.10. The lowest BCUT2D eigenvalue weighted by atomic mass is 10.0. The molecule has 0 aliphatic heterocycles. The van der Waals surface area contributed by atoms with Gasteiger partial charge in [-0.3, -0.25) is 0 Å². The molecular weight excluding hydrogens is 242 g/mol. The molecule has 0 aliphatic carbocycles. The number of oxime groups is 1. The average Bonchev–Trinajstić information content (AvgIpc) is 2.43. The van der Waals surface area contributed by atoms with Crippen LogP contribution in [-0.4, -0.2) is 24.2 Å². The van der Waals surface area contributed by atoms with Crippen LogP contribution in [0.15, 0.2) is 23.4 Å². The van der Waals surface area contributed by atoms with Crippen molar-refractivity contribution >= 4 is 5.84 Å². The van der Waals surface area contributed by atoms with E-state index in [1.54, 1.807) is 13.2 Å². The zero-order chi connectivity index (χ0) is 14.4. The predicted octanol–water partition coefficient (Wildman–Crippen LogP) is 1.92. The maximum absolute atomic E-state index is 8.71. The number of nitrogens with one attached hydrogen (secondary N) is 1. The molecule has 0 saturated carbocycles. The molecule has 0 saturated heterocycles. The van der Waals surface area contributed by atoms with Gasteiger partial charge in [0.1, 0.15) is 5.75 Å². The van der Waals surface area contributed by atoms with Crippen molar-refractivity contribution < 1.29 is 9.94 Å². The predicted molar refractivity (Wildman–Crippen MR) is 76.6 cm³/mol. The zero-order valence-corrected chi connectivity index (χ0v) is 12.0. The van der Waals surface area contributed by atoms with E-state index in [0.717, 1.165) is 11.3 Å². The summed E-state index contributed by atoms with van der Waals surface area (Å²) in [6.07, 6.45) is 0. The Labute approximate surface area is 114 Å². The van der Waals surface area contributed by atoms with Gasteiger partial charge in [-0.1, -0.05) is 19.0 Å². The van der Waals surface area contributed by atoms with Gasteiger partial charge >= 0.3 is 0 Å². The monoisotopic (exact) mass is 265 g/mol. The molecule has 0 heterocycles. The summed E-state index contributed by atoms with van der Waals surface area (Å²) in [4.78, 5) is 0. The van der Waals surface area contributed by atoms with Crippen LogP contribution in [0.4, 0.5) is 0 Å². The van der Waals surface area contributed by atoms with Gasteiger partial charge in [0.05, 0.1) is 7.11 Å². The summed E-state index contributed by atoms with van der Waals surface area (Å²) >= 11 is 0. The van der Waals surface area contributed by atoms with Gasteiger partial charge in [0, 0.05) is 23.7 Å². The molecule has 0 radical (unpaired) electrons. The fourth-order valence-electron chi connectivity index (χ4n) is 1.64. The van der Waals surface area contributed by atoms with E-state index in [9.17, 15) is 0 Å². The molecule has 0 spiro atoms. The second kappa shape index (κ2) is 6.99. The van der Waals surface area contributed by atoms with Crippen molar-refractivity contribution in [2.24, 2.45) is 16.8 Å². The Kier molecular flexibility index (Phi) is 5.63. The van der Waals surface area contributed by atoms with Crippen molar-refractivity contribution in [3.05, 3.63) is 29.3 Å². The van der Waals surface area contributed by atoms with Crippen molar-refractivity contribution in [1.82, 2.24) is 5.32 Å². The van der Waals surface area contributed by atoms with Crippen LogP contribution in [-0.2, 0) is 6.54 Å². The summed E-state index contributed by atoms with van der Waals surface area (Å²) in [5, 5.41) is 15.2. The van der Waals surface area contributed by atoms with Crippen LogP contribution < -0.4 is 15.8 Å². The molecule has 4 N–H and O–H groups in total. The van der Waals surface area contributed by atoms with Crippen molar-refractivity contribution in [1.29, 1.82) is 0 Å². The summed E-state index contributed by atoms with van der Waals surface area (Å²) in [5.74, 6) is 1.44. The molecule has 19 heavy (non-hydrogen) atoms. The lowest BCUT2D eigenvalue weighted by Crippen LogP contribution is -2.30. The highest BCUT2D eigenvalue weighted by atomic mass is 16.5. The molecule has 5 heteroatoms. The molecule has 5 nitrogen and oxygen atoms in total. The van der Waals surface area contributed by atoms with Gasteiger partial charge in [0.15, 0.2) is 5.84 Å². The summed E-state index contributed by atoms with van der Waals surface area (Å²) in [6, 6.07) is 5.86. The fourth-order valence-corrected chi connectivity index (χ4v) is 1.64. The van der Waals surface area contributed by atoms with Crippen LogP contribution >= 0.6 is 0 Å². The van der Waals surface area contributed by atoms with Crippen LogP contribution in [0.1, 0.15) is 31.9 Å². The van der Waals surface area contributed by atoms with E-state index < -0.39 is 0 Å². The van der Waals surface area contributed by atoms with Gasteiger partial charge < -0.3 is 21.0 Å². The highest BCUT2D eigenvalue weighted by Crippen LogP contribution is 2.20. The first kappa shape index (κ1) is 15.3. The van der Waals surface area contributed by atoms with Gasteiger partial charge in [-0.2, -0.15) is 0 Å². The molecule has 1 aromatic carbocycles. The molecule has 0 aliphatic rings. The molecule has 1 atom stereocenters. The lowest BCUT2D eigenvalue weighted by Gasteiger charge is -2.19. The first-order valence-corrected chi connectivity index (χ1v) is 6.37. The molecule has 106 valence electrons. The Hall–Kier alpha value is -1.75. The van der Waals surface area contributed by atoms with Gasteiger partial charge in [-0.25, -0.2) is 0 Å². The van der Waals surface area contributed by atoms with Crippen molar-refractivity contribution in [3.8, 4) is 5.75 Å². The highest BCUT2D eigenvalue weighted by molar-refractivity contribution is 5.97. The Bertz CT molecular complexity index is 444. The van der Waals surface area contributed by atoms with E-state index >= 15 is 0 Å². The van der Waals surface area contributed by atoms with Crippen LogP contribution in [0, 0.1) is 5.92 Å². The Morgan fingerprint density at radius 1 is 1.42 bits per heavy atom. The minimum Gasteiger partial charge on any atom is -0.496 e. The maximum Gasteiger partial charge on any atom is 0.170 e. The second-order valence-electron chi connectivity index (χ2n) is 4.93. The number of amidine groups is 1. The topological polar surface area (TPSA) is 79.9 Å². The maximum atomic E-state index is 8.71. The Balaban J connectivity index is 2.90. The second-order valence-corrected chi connectivity index (χ2v) is 4.93. The van der Waals surface area contributed by atoms with E-state index in [4.69, 9.17) is 15.7 Å². The van der Waals surface area contributed by atoms with E-state index in [1.807, 2.05) is 12.1 Å². The third-order valence-electron chi connectivity index (χ3n) is 3.30. The number of nitrogens with two attached hydrogens (primary N) is 1. The smallest absolute Gasteiger partial charge is 0.170 e. The van der Waals surface area contributed by atoms with E-state index in [1.165, 1.54) is 0 Å². The van der Waals surface area contributed by atoms with Gasteiger partial charge in [-0.15, -0.1) is 0 Å². The number of hydrogen-bond donors (Lipinski definition) is 3. The number of ether oxygens (including phenoxy) is 1. The molecular formula is C14H23N3O2. The van der Waals surface area contributed by atoms with Crippen molar-refractivity contribution in [2.75, 3.05) is 7.11 Å². The zero-order valence-electron chi connectivity index (χ0n) is 12.0. The lowest BCUT2D eigenvalue weighted by molar-refractivity contribution is 0.318. The number of benzene rings is 1. The molecule has 0 fully saturated rings. The minimum atomic E-state index is 0.0980. The molecule has 0 bridgehead atoms. The Morgan fingerprint density at radius 3 is 2.63 bits per heavy atom. The SMILES string of the molecule is COc1ccc(/C(N)=N/O)cc1CNC(C)C(C)C. The van der Waals surface area contributed by atoms with Gasteiger partial charge in [0.25, 0.3) is 0 Å². The molecule has 0 aromatic heterocycles.